The van der Waals surface area contributed by atoms with Crippen LogP contribution in [0.3, 0.4) is 0 Å². The van der Waals surface area contributed by atoms with Crippen LogP contribution in [-0.4, -0.2) is 4.57 Å². The standard InChI is InChI=1S/C42H28N2S/c1-3-17-31(18-4-1)43(38-27-12-15-29-14-7-8-22-34(29)38)33-21-11-16-30(28-33)35-24-13-25-37-40-42(45-41(35)37)36-23-9-10-26-39(36)44(40)32-19-5-2-6-20-32/h1-28H. The van der Waals surface area contributed by atoms with Gasteiger partial charge in [-0.3, -0.25) is 0 Å². The average molecular weight is 593 g/mol. The second-order valence-corrected chi connectivity index (χ2v) is 12.4. The molecule has 0 aliphatic rings. The van der Waals surface area contributed by atoms with Crippen LogP contribution < -0.4 is 4.90 Å². The Kier molecular flexibility index (Phi) is 6.03. The summed E-state index contributed by atoms with van der Waals surface area (Å²) in [7, 11) is 0. The molecule has 45 heavy (non-hydrogen) atoms. The van der Waals surface area contributed by atoms with Gasteiger partial charge in [0.25, 0.3) is 0 Å². The molecular formula is C42H28N2S. The van der Waals surface area contributed by atoms with Gasteiger partial charge in [0.15, 0.2) is 0 Å². The van der Waals surface area contributed by atoms with E-state index in [1.165, 1.54) is 64.5 Å². The zero-order chi connectivity index (χ0) is 29.7. The number of nitrogens with zero attached hydrogens (tertiary/aromatic N) is 2. The molecule has 0 aliphatic heterocycles. The van der Waals surface area contributed by atoms with E-state index in [1.54, 1.807) is 0 Å². The van der Waals surface area contributed by atoms with Crippen LogP contribution in [0.1, 0.15) is 0 Å². The van der Waals surface area contributed by atoms with Gasteiger partial charge < -0.3 is 9.47 Å². The van der Waals surface area contributed by atoms with Crippen molar-refractivity contribution in [2.24, 2.45) is 0 Å². The van der Waals surface area contributed by atoms with Crippen molar-refractivity contribution in [3.8, 4) is 16.8 Å². The summed E-state index contributed by atoms with van der Waals surface area (Å²) in [6, 6.07) is 61.2. The third-order valence-electron chi connectivity index (χ3n) is 8.75. The number of para-hydroxylation sites is 3. The topological polar surface area (TPSA) is 8.17 Å². The fourth-order valence-corrected chi connectivity index (χ4v) is 8.14. The molecule has 2 nitrogen and oxygen atoms in total. The number of hydrogen-bond acceptors (Lipinski definition) is 2. The molecule has 0 bridgehead atoms. The number of fused-ring (bicyclic) bond motifs is 6. The summed E-state index contributed by atoms with van der Waals surface area (Å²) in [6.45, 7) is 0. The third kappa shape index (κ3) is 4.16. The Balaban J connectivity index is 1.27. The Morgan fingerprint density at radius 2 is 1.11 bits per heavy atom. The minimum Gasteiger partial charge on any atom is -0.310 e. The molecule has 9 rings (SSSR count). The summed E-state index contributed by atoms with van der Waals surface area (Å²) in [6.07, 6.45) is 0. The van der Waals surface area contributed by atoms with Gasteiger partial charge >= 0.3 is 0 Å². The van der Waals surface area contributed by atoms with Gasteiger partial charge in [-0.2, -0.15) is 0 Å². The molecule has 2 aromatic heterocycles. The summed E-state index contributed by atoms with van der Waals surface area (Å²) in [5.74, 6) is 0. The predicted molar refractivity (Wildman–Crippen MR) is 194 cm³/mol. The van der Waals surface area contributed by atoms with E-state index in [0.29, 0.717) is 0 Å². The number of thiophene rings is 1. The van der Waals surface area contributed by atoms with Crippen molar-refractivity contribution < 1.29 is 0 Å². The van der Waals surface area contributed by atoms with Crippen molar-refractivity contribution in [1.29, 1.82) is 0 Å². The molecule has 0 unspecified atom stereocenters. The van der Waals surface area contributed by atoms with Crippen molar-refractivity contribution >= 4 is 70.4 Å². The summed E-state index contributed by atoms with van der Waals surface area (Å²) < 4.78 is 5.07. The Bertz CT molecular complexity index is 2480. The first-order chi connectivity index (χ1) is 22.3. The minimum absolute atomic E-state index is 1.13. The Hall–Kier alpha value is -5.64. The van der Waals surface area contributed by atoms with Crippen molar-refractivity contribution in [2.75, 3.05) is 4.90 Å². The summed E-state index contributed by atoms with van der Waals surface area (Å²) in [5, 5.41) is 5.04. The van der Waals surface area contributed by atoms with Gasteiger partial charge in [0.2, 0.25) is 0 Å². The van der Waals surface area contributed by atoms with E-state index in [9.17, 15) is 0 Å². The van der Waals surface area contributed by atoms with Crippen molar-refractivity contribution in [2.45, 2.75) is 0 Å². The van der Waals surface area contributed by atoms with E-state index >= 15 is 0 Å². The molecule has 0 radical (unpaired) electrons. The second-order valence-electron chi connectivity index (χ2n) is 11.4. The molecule has 9 aromatic rings. The number of aromatic nitrogens is 1. The first kappa shape index (κ1) is 25.8. The van der Waals surface area contributed by atoms with Gasteiger partial charge in [-0.1, -0.05) is 121 Å². The van der Waals surface area contributed by atoms with Gasteiger partial charge in [-0.05, 0) is 65.0 Å². The van der Waals surface area contributed by atoms with Gasteiger partial charge in [-0.15, -0.1) is 11.3 Å². The molecule has 0 saturated heterocycles. The van der Waals surface area contributed by atoms with Crippen LogP contribution in [0.2, 0.25) is 0 Å². The summed E-state index contributed by atoms with van der Waals surface area (Å²) >= 11 is 1.90. The van der Waals surface area contributed by atoms with E-state index in [4.69, 9.17) is 0 Å². The van der Waals surface area contributed by atoms with Crippen LogP contribution in [0, 0.1) is 0 Å². The molecule has 2 heterocycles. The summed E-state index contributed by atoms with van der Waals surface area (Å²) in [5.41, 5.74) is 9.60. The average Bonchev–Trinajstić information content (AvgIpc) is 3.64. The lowest BCUT2D eigenvalue weighted by atomic mass is 10.0. The number of hydrogen-bond donors (Lipinski definition) is 0. The van der Waals surface area contributed by atoms with E-state index in [1.807, 2.05) is 11.3 Å². The van der Waals surface area contributed by atoms with E-state index < -0.39 is 0 Å². The lowest BCUT2D eigenvalue weighted by Gasteiger charge is -2.27. The van der Waals surface area contributed by atoms with Gasteiger partial charge in [0.05, 0.1) is 21.4 Å². The van der Waals surface area contributed by atoms with Crippen LogP contribution in [0.4, 0.5) is 17.1 Å². The van der Waals surface area contributed by atoms with Crippen molar-refractivity contribution in [3.05, 3.63) is 170 Å². The van der Waals surface area contributed by atoms with Gasteiger partial charge in [0.1, 0.15) is 0 Å². The van der Waals surface area contributed by atoms with Crippen LogP contribution in [0.5, 0.6) is 0 Å². The minimum atomic E-state index is 1.13. The molecular weight excluding hydrogens is 565 g/mol. The Morgan fingerprint density at radius 1 is 0.467 bits per heavy atom. The van der Waals surface area contributed by atoms with Crippen LogP contribution in [-0.2, 0) is 0 Å². The molecule has 212 valence electrons. The van der Waals surface area contributed by atoms with Gasteiger partial charge in [0, 0.05) is 37.9 Å². The molecule has 3 heteroatoms. The number of benzene rings is 7. The normalized spacial score (nSPS) is 11.6. The van der Waals surface area contributed by atoms with E-state index in [2.05, 4.69) is 179 Å². The number of anilines is 3. The van der Waals surface area contributed by atoms with Crippen LogP contribution >= 0.6 is 11.3 Å². The van der Waals surface area contributed by atoms with Crippen molar-refractivity contribution in [3.63, 3.8) is 0 Å². The fraction of sp³-hybridized carbons (Fsp3) is 0. The first-order valence-electron chi connectivity index (χ1n) is 15.3. The molecule has 0 fully saturated rings. The van der Waals surface area contributed by atoms with Crippen LogP contribution in [0.25, 0.3) is 58.8 Å². The molecule has 0 aliphatic carbocycles. The molecule has 0 atom stereocenters. The Morgan fingerprint density at radius 3 is 1.98 bits per heavy atom. The van der Waals surface area contributed by atoms with E-state index in [0.717, 1.165) is 11.4 Å². The zero-order valence-electron chi connectivity index (χ0n) is 24.5. The molecule has 7 aromatic carbocycles. The second kappa shape index (κ2) is 10.5. The molecule has 0 amide bonds. The lowest BCUT2D eigenvalue weighted by Crippen LogP contribution is -2.10. The molecule has 0 spiro atoms. The van der Waals surface area contributed by atoms with E-state index in [-0.39, 0.29) is 0 Å². The molecule has 0 N–H and O–H groups in total. The predicted octanol–water partition coefficient (Wildman–Crippen LogP) is 12.3. The third-order valence-corrected chi connectivity index (χ3v) is 10.0. The maximum atomic E-state index is 2.43. The van der Waals surface area contributed by atoms with Gasteiger partial charge in [-0.25, -0.2) is 0 Å². The highest BCUT2D eigenvalue weighted by atomic mass is 32.1. The SMILES string of the molecule is c1ccc(N(c2cccc(-c3cccc4c3sc3c5ccccc5n(-c5ccccc5)c43)c2)c2cccc3ccccc23)cc1. The Labute approximate surface area is 265 Å². The highest BCUT2D eigenvalue weighted by molar-refractivity contribution is 7.27. The highest BCUT2D eigenvalue weighted by Crippen LogP contribution is 2.46. The zero-order valence-corrected chi connectivity index (χ0v) is 25.3. The first-order valence-corrected chi connectivity index (χ1v) is 16.1. The van der Waals surface area contributed by atoms with Crippen molar-refractivity contribution in [1.82, 2.24) is 4.57 Å². The quantitative estimate of drug-likeness (QED) is 0.193. The fourth-order valence-electron chi connectivity index (χ4n) is 6.78. The smallest absolute Gasteiger partial charge is 0.0727 e. The number of rotatable bonds is 5. The lowest BCUT2D eigenvalue weighted by molar-refractivity contribution is 1.19. The van der Waals surface area contributed by atoms with Crippen LogP contribution in [0.15, 0.2) is 170 Å². The maximum Gasteiger partial charge on any atom is 0.0727 e. The highest BCUT2D eigenvalue weighted by Gasteiger charge is 2.20. The monoisotopic (exact) mass is 592 g/mol. The molecule has 0 saturated carbocycles. The summed E-state index contributed by atoms with van der Waals surface area (Å²) in [4.78, 5) is 2.38. The largest absolute Gasteiger partial charge is 0.310 e. The maximum absolute atomic E-state index is 2.43.